The molecule has 5 rings (SSSR count). The highest BCUT2D eigenvalue weighted by molar-refractivity contribution is 6.31. The minimum Gasteiger partial charge on any atom is -0.503 e. The second-order valence-electron chi connectivity index (χ2n) is 8.52. The van der Waals surface area contributed by atoms with Crippen LogP contribution >= 0.6 is 11.6 Å². The van der Waals surface area contributed by atoms with Crippen LogP contribution in [0.15, 0.2) is 90.3 Å². The van der Waals surface area contributed by atoms with Gasteiger partial charge in [-0.3, -0.25) is 9.59 Å². The van der Waals surface area contributed by atoms with Gasteiger partial charge in [-0.2, -0.15) is 0 Å². The number of carbonyl (C=O) groups excluding carboxylic acids is 2. The Hall–Kier alpha value is -3.83. The first-order valence-electron chi connectivity index (χ1n) is 11.1. The lowest BCUT2D eigenvalue weighted by Crippen LogP contribution is -2.33. The van der Waals surface area contributed by atoms with Crippen LogP contribution in [-0.4, -0.2) is 33.2 Å². The van der Waals surface area contributed by atoms with E-state index in [1.807, 2.05) is 61.7 Å². The van der Waals surface area contributed by atoms with E-state index in [2.05, 4.69) is 4.98 Å². The van der Waals surface area contributed by atoms with Crippen molar-refractivity contribution >= 4 is 34.2 Å². The number of aryl methyl sites for hydroxylation is 1. The number of rotatable bonds is 6. The van der Waals surface area contributed by atoms with Crippen molar-refractivity contribution in [3.63, 3.8) is 0 Å². The molecule has 3 aromatic carbocycles. The van der Waals surface area contributed by atoms with Gasteiger partial charge in [-0.05, 0) is 42.7 Å². The molecule has 4 aromatic rings. The van der Waals surface area contributed by atoms with Crippen LogP contribution < -0.4 is 0 Å². The summed E-state index contributed by atoms with van der Waals surface area (Å²) in [4.78, 5) is 31.6. The number of aromatic nitrogens is 1. The Kier molecular flexibility index (Phi) is 5.72. The number of fused-ring (bicyclic) bond motifs is 1. The number of halogens is 1. The van der Waals surface area contributed by atoms with Gasteiger partial charge in [0.15, 0.2) is 11.5 Å². The summed E-state index contributed by atoms with van der Waals surface area (Å²) in [7, 11) is 0. The fourth-order valence-corrected chi connectivity index (χ4v) is 4.77. The van der Waals surface area contributed by atoms with Crippen LogP contribution in [0.1, 0.15) is 33.1 Å². The van der Waals surface area contributed by atoms with Gasteiger partial charge < -0.3 is 15.0 Å². The number of amides is 1. The number of benzene rings is 3. The van der Waals surface area contributed by atoms with Crippen molar-refractivity contribution in [2.75, 3.05) is 6.54 Å². The van der Waals surface area contributed by atoms with Crippen LogP contribution in [0.25, 0.3) is 10.9 Å². The Bertz CT molecular complexity index is 1440. The number of para-hydroxylation sites is 1. The molecule has 0 bridgehead atoms. The highest BCUT2D eigenvalue weighted by Gasteiger charge is 2.43. The third kappa shape index (κ3) is 3.88. The normalized spacial score (nSPS) is 16.0. The molecule has 0 saturated carbocycles. The second-order valence-corrected chi connectivity index (χ2v) is 8.96. The minimum absolute atomic E-state index is 0.0787. The lowest BCUT2D eigenvalue weighted by Gasteiger charge is -2.27. The number of H-pyrrole nitrogens is 1. The predicted molar refractivity (Wildman–Crippen MR) is 133 cm³/mol. The number of hydrogen-bond donors (Lipinski definition) is 2. The fraction of sp³-hybridized carbons (Fsp3) is 0.143. The summed E-state index contributed by atoms with van der Waals surface area (Å²) < 4.78 is 0. The van der Waals surface area contributed by atoms with Crippen molar-refractivity contribution < 1.29 is 14.7 Å². The molecule has 1 aliphatic heterocycles. The van der Waals surface area contributed by atoms with Crippen LogP contribution in [0.5, 0.6) is 0 Å². The summed E-state index contributed by atoms with van der Waals surface area (Å²) in [6.45, 7) is 2.32. The van der Waals surface area contributed by atoms with Crippen molar-refractivity contribution in [3.05, 3.63) is 118 Å². The van der Waals surface area contributed by atoms with Gasteiger partial charge in [0.05, 0.1) is 11.6 Å². The molecule has 0 spiro atoms. The van der Waals surface area contributed by atoms with E-state index in [0.717, 1.165) is 27.6 Å². The number of carbonyl (C=O) groups is 2. The third-order valence-corrected chi connectivity index (χ3v) is 6.56. The molecule has 2 heterocycles. The maximum absolute atomic E-state index is 13.5. The zero-order valence-corrected chi connectivity index (χ0v) is 19.3. The quantitative estimate of drug-likeness (QED) is 0.342. The first-order chi connectivity index (χ1) is 16.4. The maximum Gasteiger partial charge on any atom is 0.290 e. The average molecular weight is 471 g/mol. The van der Waals surface area contributed by atoms with Crippen molar-refractivity contribution in [3.8, 4) is 0 Å². The summed E-state index contributed by atoms with van der Waals surface area (Å²) in [6, 6.07) is 21.5. The Morgan fingerprint density at radius 1 is 1.06 bits per heavy atom. The zero-order chi connectivity index (χ0) is 23.8. The second kappa shape index (κ2) is 8.84. The number of aromatic amines is 1. The Balaban J connectivity index is 1.52. The zero-order valence-electron chi connectivity index (χ0n) is 18.6. The Morgan fingerprint density at radius 3 is 2.59 bits per heavy atom. The number of nitrogens with one attached hydrogen (secondary N) is 1. The predicted octanol–water partition coefficient (Wildman–Crippen LogP) is 5.95. The lowest BCUT2D eigenvalue weighted by molar-refractivity contribution is -0.129. The molecule has 0 fully saturated rings. The molecule has 0 aliphatic carbocycles. The van der Waals surface area contributed by atoms with Gasteiger partial charge in [-0.25, -0.2) is 0 Å². The summed E-state index contributed by atoms with van der Waals surface area (Å²) in [5, 5.41) is 12.4. The van der Waals surface area contributed by atoms with Gasteiger partial charge in [-0.15, -0.1) is 0 Å². The molecule has 170 valence electrons. The van der Waals surface area contributed by atoms with Crippen molar-refractivity contribution in [2.45, 2.75) is 19.4 Å². The largest absolute Gasteiger partial charge is 0.503 e. The maximum atomic E-state index is 13.5. The number of nitrogens with zero attached hydrogens (tertiary/aromatic N) is 1. The summed E-state index contributed by atoms with van der Waals surface area (Å²) >= 11 is 6.10. The highest BCUT2D eigenvalue weighted by atomic mass is 35.5. The van der Waals surface area contributed by atoms with Crippen LogP contribution in [0.2, 0.25) is 5.02 Å². The molecular weight excluding hydrogens is 448 g/mol. The molecule has 1 atom stereocenters. The summed E-state index contributed by atoms with van der Waals surface area (Å²) in [5.41, 5.74) is 4.34. The molecule has 6 heteroatoms. The van der Waals surface area contributed by atoms with Gasteiger partial charge in [0.25, 0.3) is 5.91 Å². The standard InChI is InChI=1S/C28H23ClN2O3/c1-17-9-11-18(12-10-17)25-24(26(32)19-5-4-6-21(29)15-19)27(33)28(34)31(25)14-13-20-16-30-23-8-3-2-7-22(20)23/h2-12,15-16,25,30,33H,13-14H2,1H3. The third-order valence-electron chi connectivity index (χ3n) is 6.33. The topological polar surface area (TPSA) is 73.4 Å². The van der Waals surface area contributed by atoms with Gasteiger partial charge in [0, 0.05) is 34.2 Å². The van der Waals surface area contributed by atoms with Crippen molar-refractivity contribution in [1.82, 2.24) is 9.88 Å². The smallest absolute Gasteiger partial charge is 0.290 e. The molecule has 1 aliphatic rings. The van der Waals surface area contributed by atoms with Crippen LogP contribution in [0.4, 0.5) is 0 Å². The van der Waals surface area contributed by atoms with E-state index in [1.54, 1.807) is 29.2 Å². The summed E-state index contributed by atoms with van der Waals surface area (Å²) in [5.74, 6) is -1.46. The van der Waals surface area contributed by atoms with E-state index in [0.29, 0.717) is 23.6 Å². The molecule has 2 N–H and O–H groups in total. The number of aliphatic hydroxyl groups excluding tert-OH is 1. The highest BCUT2D eigenvalue weighted by Crippen LogP contribution is 2.39. The van der Waals surface area contributed by atoms with E-state index < -0.39 is 23.5 Å². The first kappa shape index (κ1) is 22.0. The molecule has 1 unspecified atom stereocenters. The van der Waals surface area contributed by atoms with Crippen molar-refractivity contribution in [1.29, 1.82) is 0 Å². The molecule has 0 radical (unpaired) electrons. The van der Waals surface area contributed by atoms with Gasteiger partial charge >= 0.3 is 0 Å². The van der Waals surface area contributed by atoms with Crippen LogP contribution in [-0.2, 0) is 11.2 Å². The molecular formula is C28H23ClN2O3. The molecule has 0 saturated heterocycles. The average Bonchev–Trinajstić information content (AvgIpc) is 3.36. The van der Waals surface area contributed by atoms with Crippen LogP contribution in [0, 0.1) is 6.92 Å². The van der Waals surface area contributed by atoms with Gasteiger partial charge in [0.1, 0.15) is 0 Å². The van der Waals surface area contributed by atoms with E-state index in [-0.39, 0.29) is 5.57 Å². The number of ketones is 1. The molecule has 1 amide bonds. The molecule has 5 nitrogen and oxygen atoms in total. The molecule has 1 aromatic heterocycles. The van der Waals surface area contributed by atoms with E-state index in [1.165, 1.54) is 0 Å². The lowest BCUT2D eigenvalue weighted by atomic mass is 9.92. The number of hydrogen-bond acceptors (Lipinski definition) is 3. The Morgan fingerprint density at radius 2 is 1.82 bits per heavy atom. The van der Waals surface area contributed by atoms with Crippen LogP contribution in [0.3, 0.4) is 0 Å². The van der Waals surface area contributed by atoms with Gasteiger partial charge in [0.2, 0.25) is 0 Å². The molecule has 34 heavy (non-hydrogen) atoms. The number of Topliss-reactive ketones (excluding diaryl/α,β-unsaturated/α-hetero) is 1. The fourth-order valence-electron chi connectivity index (χ4n) is 4.58. The van der Waals surface area contributed by atoms with E-state index >= 15 is 0 Å². The van der Waals surface area contributed by atoms with E-state index in [9.17, 15) is 14.7 Å². The number of aliphatic hydroxyl groups is 1. The monoisotopic (exact) mass is 470 g/mol. The summed E-state index contributed by atoms with van der Waals surface area (Å²) in [6.07, 6.45) is 2.52. The van der Waals surface area contributed by atoms with E-state index in [4.69, 9.17) is 11.6 Å². The first-order valence-corrected chi connectivity index (χ1v) is 11.5. The SMILES string of the molecule is Cc1ccc(C2C(C(=O)c3cccc(Cl)c3)=C(O)C(=O)N2CCc2c[nH]c3ccccc23)cc1. The Labute approximate surface area is 202 Å². The minimum atomic E-state index is -0.690. The van der Waals surface area contributed by atoms with Gasteiger partial charge in [-0.1, -0.05) is 71.8 Å². The van der Waals surface area contributed by atoms with Crippen molar-refractivity contribution in [2.24, 2.45) is 0 Å².